The summed E-state index contributed by atoms with van der Waals surface area (Å²) >= 11 is 3.42. The highest BCUT2D eigenvalue weighted by atomic mass is 79.9. The van der Waals surface area contributed by atoms with Crippen LogP contribution in [0.2, 0.25) is 0 Å². The van der Waals surface area contributed by atoms with Crippen LogP contribution in [0, 0.1) is 0 Å². The zero-order valence-electron chi connectivity index (χ0n) is 13.7. The molecule has 2 N–H and O–H groups in total. The average Bonchev–Trinajstić information content (AvgIpc) is 2.60. The van der Waals surface area contributed by atoms with Crippen molar-refractivity contribution in [3.8, 4) is 11.5 Å². The molecule has 0 aromatic heterocycles. The van der Waals surface area contributed by atoms with Gasteiger partial charge >= 0.3 is 12.6 Å². The standard InChI is InChI=1S/C18H17BrF2N2O3/c19-12-4-5-16-14(9-12)15(6-7-25-16)23-18(24)22-10-11-2-1-3-13(8-11)26-17(20)21/h1-5,8-9,15,17H,6-7,10H2,(H2,22,23,24). The maximum absolute atomic E-state index is 12.3. The minimum Gasteiger partial charge on any atom is -0.493 e. The molecule has 0 spiro atoms. The Balaban J connectivity index is 1.58. The molecule has 0 saturated carbocycles. The summed E-state index contributed by atoms with van der Waals surface area (Å²) < 4.78 is 35.4. The molecule has 0 fully saturated rings. The molecule has 0 bridgehead atoms. The molecule has 138 valence electrons. The monoisotopic (exact) mass is 426 g/mol. The number of carbonyl (C=O) groups excluding carboxylic acids is 1. The second-order valence-electron chi connectivity index (χ2n) is 5.72. The lowest BCUT2D eigenvalue weighted by Gasteiger charge is -2.27. The molecular formula is C18H17BrF2N2O3. The van der Waals surface area contributed by atoms with Gasteiger partial charge in [0.1, 0.15) is 11.5 Å². The molecule has 1 unspecified atom stereocenters. The van der Waals surface area contributed by atoms with E-state index >= 15 is 0 Å². The smallest absolute Gasteiger partial charge is 0.387 e. The van der Waals surface area contributed by atoms with E-state index in [1.165, 1.54) is 12.1 Å². The van der Waals surface area contributed by atoms with E-state index in [-0.39, 0.29) is 24.4 Å². The van der Waals surface area contributed by atoms with E-state index in [1.54, 1.807) is 12.1 Å². The quantitative estimate of drug-likeness (QED) is 0.745. The van der Waals surface area contributed by atoms with Crippen LogP contribution in [0.15, 0.2) is 46.9 Å². The molecule has 1 heterocycles. The van der Waals surface area contributed by atoms with Gasteiger partial charge in [0.15, 0.2) is 0 Å². The third-order valence-corrected chi connectivity index (χ3v) is 4.39. The second kappa shape index (κ2) is 8.35. The van der Waals surface area contributed by atoms with Crippen molar-refractivity contribution in [2.45, 2.75) is 25.6 Å². The Labute approximate surface area is 157 Å². The van der Waals surface area contributed by atoms with Gasteiger partial charge in [-0.2, -0.15) is 8.78 Å². The maximum Gasteiger partial charge on any atom is 0.387 e. The lowest BCUT2D eigenvalue weighted by atomic mass is 10.0. The van der Waals surface area contributed by atoms with Crippen molar-refractivity contribution in [3.63, 3.8) is 0 Å². The molecule has 2 aromatic carbocycles. The van der Waals surface area contributed by atoms with Gasteiger partial charge < -0.3 is 20.1 Å². The molecular weight excluding hydrogens is 410 g/mol. The molecule has 8 heteroatoms. The summed E-state index contributed by atoms with van der Waals surface area (Å²) in [7, 11) is 0. The van der Waals surface area contributed by atoms with Crippen molar-refractivity contribution in [2.24, 2.45) is 0 Å². The van der Waals surface area contributed by atoms with Crippen LogP contribution >= 0.6 is 15.9 Å². The van der Waals surface area contributed by atoms with Crippen LogP contribution < -0.4 is 20.1 Å². The van der Waals surface area contributed by atoms with Crippen molar-refractivity contribution < 1.29 is 23.0 Å². The fourth-order valence-electron chi connectivity index (χ4n) is 2.74. The van der Waals surface area contributed by atoms with Gasteiger partial charge in [-0.15, -0.1) is 0 Å². The number of benzene rings is 2. The molecule has 0 radical (unpaired) electrons. The van der Waals surface area contributed by atoms with Crippen LogP contribution in [0.3, 0.4) is 0 Å². The number of nitrogens with one attached hydrogen (secondary N) is 2. The lowest BCUT2D eigenvalue weighted by Crippen LogP contribution is -2.39. The highest BCUT2D eigenvalue weighted by Crippen LogP contribution is 2.34. The molecule has 5 nitrogen and oxygen atoms in total. The third-order valence-electron chi connectivity index (χ3n) is 3.89. The summed E-state index contributed by atoms with van der Waals surface area (Å²) in [6.45, 7) is -2.16. The summed E-state index contributed by atoms with van der Waals surface area (Å²) in [6.07, 6.45) is 0.661. The van der Waals surface area contributed by atoms with Crippen molar-refractivity contribution in [1.82, 2.24) is 10.6 Å². The van der Waals surface area contributed by atoms with E-state index in [9.17, 15) is 13.6 Å². The first-order chi connectivity index (χ1) is 12.5. The largest absolute Gasteiger partial charge is 0.493 e. The number of amides is 2. The zero-order valence-corrected chi connectivity index (χ0v) is 15.3. The van der Waals surface area contributed by atoms with E-state index in [0.29, 0.717) is 18.6 Å². The number of urea groups is 1. The molecule has 0 saturated heterocycles. The number of carbonyl (C=O) groups is 1. The van der Waals surface area contributed by atoms with Crippen LogP contribution in [0.4, 0.5) is 13.6 Å². The number of fused-ring (bicyclic) bond motifs is 1. The van der Waals surface area contributed by atoms with Gasteiger partial charge in [-0.25, -0.2) is 4.79 Å². The third kappa shape index (κ3) is 4.85. The topological polar surface area (TPSA) is 59.6 Å². The Bertz CT molecular complexity index is 789. The first kappa shape index (κ1) is 18.4. The Morgan fingerprint density at radius 2 is 2.15 bits per heavy atom. The first-order valence-corrected chi connectivity index (χ1v) is 8.81. The Morgan fingerprint density at radius 3 is 2.96 bits per heavy atom. The number of alkyl halides is 2. The highest BCUT2D eigenvalue weighted by molar-refractivity contribution is 9.10. The fourth-order valence-corrected chi connectivity index (χ4v) is 3.12. The van der Waals surface area contributed by atoms with Crippen LogP contribution in [-0.2, 0) is 6.54 Å². The number of ether oxygens (including phenoxy) is 2. The molecule has 26 heavy (non-hydrogen) atoms. The average molecular weight is 427 g/mol. The first-order valence-electron chi connectivity index (χ1n) is 8.01. The molecule has 1 atom stereocenters. The summed E-state index contributed by atoms with van der Waals surface area (Å²) in [5, 5.41) is 5.64. The van der Waals surface area contributed by atoms with Gasteiger partial charge in [-0.3, -0.25) is 0 Å². The molecule has 1 aliphatic rings. The predicted molar refractivity (Wildman–Crippen MR) is 95.4 cm³/mol. The SMILES string of the molecule is O=C(NCc1cccc(OC(F)F)c1)NC1CCOc2ccc(Br)cc21. The summed E-state index contributed by atoms with van der Waals surface area (Å²) in [4.78, 5) is 12.2. The Kier molecular flexibility index (Phi) is 5.92. The van der Waals surface area contributed by atoms with Gasteiger partial charge in [0.05, 0.1) is 12.6 Å². The molecule has 3 rings (SSSR count). The van der Waals surface area contributed by atoms with Gasteiger partial charge in [-0.05, 0) is 35.9 Å². The van der Waals surface area contributed by atoms with Gasteiger partial charge in [0.2, 0.25) is 0 Å². The van der Waals surface area contributed by atoms with Crippen molar-refractivity contribution >= 4 is 22.0 Å². The van der Waals surface area contributed by atoms with E-state index in [1.807, 2.05) is 18.2 Å². The summed E-state index contributed by atoms with van der Waals surface area (Å²) in [6, 6.07) is 11.4. The number of halogens is 3. The summed E-state index contributed by atoms with van der Waals surface area (Å²) in [5.74, 6) is 0.810. The Hall–Kier alpha value is -2.35. The van der Waals surface area contributed by atoms with Crippen molar-refractivity contribution in [1.29, 1.82) is 0 Å². The highest BCUT2D eigenvalue weighted by Gasteiger charge is 2.23. The fraction of sp³-hybridized carbons (Fsp3) is 0.278. The Morgan fingerprint density at radius 1 is 1.31 bits per heavy atom. The minimum absolute atomic E-state index is 0.0583. The molecule has 2 aromatic rings. The minimum atomic E-state index is -2.88. The van der Waals surface area contributed by atoms with Crippen LogP contribution in [-0.4, -0.2) is 19.2 Å². The van der Waals surface area contributed by atoms with E-state index in [0.717, 1.165) is 15.8 Å². The maximum atomic E-state index is 12.3. The zero-order chi connectivity index (χ0) is 18.5. The van der Waals surface area contributed by atoms with E-state index in [4.69, 9.17) is 4.74 Å². The molecule has 2 amide bonds. The van der Waals surface area contributed by atoms with Crippen molar-refractivity contribution in [3.05, 3.63) is 58.1 Å². The lowest BCUT2D eigenvalue weighted by molar-refractivity contribution is -0.0498. The van der Waals surface area contributed by atoms with Crippen LogP contribution in [0.5, 0.6) is 11.5 Å². The predicted octanol–water partition coefficient (Wildman–Crippen LogP) is 4.37. The van der Waals surface area contributed by atoms with Crippen molar-refractivity contribution in [2.75, 3.05) is 6.61 Å². The van der Waals surface area contributed by atoms with Gasteiger partial charge in [0, 0.05) is 23.0 Å². The normalized spacial score (nSPS) is 15.8. The van der Waals surface area contributed by atoms with Crippen LogP contribution in [0.25, 0.3) is 0 Å². The number of hydrogen-bond donors (Lipinski definition) is 2. The summed E-state index contributed by atoms with van der Waals surface area (Å²) in [5.41, 5.74) is 1.57. The van der Waals surface area contributed by atoms with Gasteiger partial charge in [0.25, 0.3) is 0 Å². The van der Waals surface area contributed by atoms with Gasteiger partial charge in [-0.1, -0.05) is 28.1 Å². The number of hydrogen-bond acceptors (Lipinski definition) is 3. The second-order valence-corrected chi connectivity index (χ2v) is 6.64. The number of rotatable bonds is 5. The van der Waals surface area contributed by atoms with E-state index in [2.05, 4.69) is 31.3 Å². The molecule has 0 aliphatic carbocycles. The van der Waals surface area contributed by atoms with Crippen LogP contribution in [0.1, 0.15) is 23.6 Å². The molecule has 1 aliphatic heterocycles. The van der Waals surface area contributed by atoms with E-state index < -0.39 is 6.61 Å².